The fourth-order valence-electron chi connectivity index (χ4n) is 2.87. The second-order valence-corrected chi connectivity index (χ2v) is 5.17. The van der Waals surface area contributed by atoms with Gasteiger partial charge in [0.2, 0.25) is 0 Å². The van der Waals surface area contributed by atoms with E-state index in [2.05, 4.69) is 27.8 Å². The van der Waals surface area contributed by atoms with Crippen LogP contribution in [0.3, 0.4) is 0 Å². The molecule has 2 aliphatic heterocycles. The fraction of sp³-hybridized carbons (Fsp3) is 0.615. The predicted octanol–water partition coefficient (Wildman–Crippen LogP) is 0.573. The molecule has 2 N–H and O–H groups in total. The summed E-state index contributed by atoms with van der Waals surface area (Å²) in [6.45, 7) is 7.13. The van der Waals surface area contributed by atoms with E-state index in [-0.39, 0.29) is 0 Å². The van der Waals surface area contributed by atoms with Gasteiger partial charge in [0, 0.05) is 25.7 Å². The number of fused-ring (bicyclic) bond motifs is 1. The molecule has 2 fully saturated rings. The monoisotopic (exact) mass is 248 g/mol. The van der Waals surface area contributed by atoms with E-state index in [1.54, 1.807) is 0 Å². The second kappa shape index (κ2) is 4.74. The molecule has 1 aromatic rings. The summed E-state index contributed by atoms with van der Waals surface area (Å²) < 4.78 is 5.57. The maximum absolute atomic E-state index is 5.64. The second-order valence-electron chi connectivity index (χ2n) is 5.17. The average Bonchev–Trinajstić information content (AvgIpc) is 2.39. The quantitative estimate of drug-likeness (QED) is 0.787. The van der Waals surface area contributed by atoms with Crippen molar-refractivity contribution in [2.24, 2.45) is 0 Å². The van der Waals surface area contributed by atoms with Crippen molar-refractivity contribution in [1.29, 1.82) is 0 Å². The lowest BCUT2D eigenvalue weighted by molar-refractivity contribution is -0.0179. The predicted molar refractivity (Wildman–Crippen MR) is 71.6 cm³/mol. The molecule has 1 aromatic heterocycles. The first-order valence-electron chi connectivity index (χ1n) is 6.54. The third kappa shape index (κ3) is 2.15. The molecule has 0 radical (unpaired) electrons. The number of morpholine rings is 1. The molecule has 0 bridgehead atoms. The Balaban J connectivity index is 1.77. The van der Waals surface area contributed by atoms with Crippen molar-refractivity contribution in [3.8, 4) is 0 Å². The molecule has 2 saturated heterocycles. The normalized spacial score (nSPS) is 29.1. The van der Waals surface area contributed by atoms with Gasteiger partial charge in [0.25, 0.3) is 0 Å². The van der Waals surface area contributed by atoms with Crippen molar-refractivity contribution >= 4 is 11.5 Å². The SMILES string of the molecule is C[C@H]1CN2CCOCC2CN1c1ccc(N)nc1. The minimum Gasteiger partial charge on any atom is -0.384 e. The lowest BCUT2D eigenvalue weighted by Gasteiger charge is -2.48. The van der Waals surface area contributed by atoms with Gasteiger partial charge in [0.05, 0.1) is 31.1 Å². The molecule has 3 rings (SSSR count). The number of piperazine rings is 1. The van der Waals surface area contributed by atoms with Crippen LogP contribution in [-0.2, 0) is 4.74 Å². The number of hydrogen-bond donors (Lipinski definition) is 1. The van der Waals surface area contributed by atoms with E-state index in [0.29, 0.717) is 17.9 Å². The summed E-state index contributed by atoms with van der Waals surface area (Å²) in [7, 11) is 0. The maximum Gasteiger partial charge on any atom is 0.123 e. The molecule has 98 valence electrons. The molecule has 0 aromatic carbocycles. The number of nitrogens with two attached hydrogens (primary N) is 1. The van der Waals surface area contributed by atoms with Gasteiger partial charge in [-0.2, -0.15) is 0 Å². The number of nitrogens with zero attached hydrogens (tertiary/aromatic N) is 3. The Hall–Kier alpha value is -1.33. The Morgan fingerprint density at radius 1 is 1.39 bits per heavy atom. The molecular weight excluding hydrogens is 228 g/mol. The zero-order chi connectivity index (χ0) is 12.5. The van der Waals surface area contributed by atoms with Crippen LogP contribution in [0.1, 0.15) is 6.92 Å². The zero-order valence-electron chi connectivity index (χ0n) is 10.7. The third-order valence-corrected chi connectivity index (χ3v) is 3.89. The molecule has 5 nitrogen and oxygen atoms in total. The Morgan fingerprint density at radius 2 is 2.28 bits per heavy atom. The Labute approximate surface area is 108 Å². The van der Waals surface area contributed by atoms with E-state index in [9.17, 15) is 0 Å². The Kier molecular flexibility index (Phi) is 3.09. The third-order valence-electron chi connectivity index (χ3n) is 3.89. The summed E-state index contributed by atoms with van der Waals surface area (Å²) >= 11 is 0. The summed E-state index contributed by atoms with van der Waals surface area (Å²) in [6, 6.07) is 4.93. The first-order valence-corrected chi connectivity index (χ1v) is 6.54. The lowest BCUT2D eigenvalue weighted by Crippen LogP contribution is -2.61. The summed E-state index contributed by atoms with van der Waals surface area (Å²) in [5, 5.41) is 0. The number of rotatable bonds is 1. The van der Waals surface area contributed by atoms with Gasteiger partial charge in [-0.1, -0.05) is 0 Å². The van der Waals surface area contributed by atoms with Crippen molar-refractivity contribution < 1.29 is 4.74 Å². The highest BCUT2D eigenvalue weighted by molar-refractivity contribution is 5.49. The molecule has 2 aliphatic rings. The number of nitrogen functional groups attached to an aromatic ring is 1. The van der Waals surface area contributed by atoms with Crippen LogP contribution >= 0.6 is 0 Å². The first-order chi connectivity index (χ1) is 8.74. The van der Waals surface area contributed by atoms with E-state index in [1.807, 2.05) is 12.3 Å². The van der Waals surface area contributed by atoms with E-state index in [4.69, 9.17) is 10.5 Å². The number of anilines is 2. The van der Waals surface area contributed by atoms with Gasteiger partial charge in [-0.25, -0.2) is 4.98 Å². The van der Waals surface area contributed by atoms with Crippen molar-refractivity contribution in [3.63, 3.8) is 0 Å². The zero-order valence-corrected chi connectivity index (χ0v) is 10.7. The first kappa shape index (κ1) is 11.7. The van der Waals surface area contributed by atoms with Crippen molar-refractivity contribution in [3.05, 3.63) is 18.3 Å². The summed E-state index contributed by atoms with van der Waals surface area (Å²) in [4.78, 5) is 9.13. The Morgan fingerprint density at radius 3 is 3.06 bits per heavy atom. The minimum atomic E-state index is 0.504. The molecule has 0 spiro atoms. The van der Waals surface area contributed by atoms with Crippen molar-refractivity contribution in [2.45, 2.75) is 19.0 Å². The van der Waals surface area contributed by atoms with Gasteiger partial charge in [-0.15, -0.1) is 0 Å². The molecule has 0 aliphatic carbocycles. The largest absolute Gasteiger partial charge is 0.384 e. The number of aromatic nitrogens is 1. The number of pyridine rings is 1. The van der Waals surface area contributed by atoms with Crippen LogP contribution < -0.4 is 10.6 Å². The van der Waals surface area contributed by atoms with Gasteiger partial charge >= 0.3 is 0 Å². The minimum absolute atomic E-state index is 0.504. The highest BCUT2D eigenvalue weighted by Crippen LogP contribution is 2.24. The lowest BCUT2D eigenvalue weighted by atomic mass is 10.1. The highest BCUT2D eigenvalue weighted by atomic mass is 16.5. The highest BCUT2D eigenvalue weighted by Gasteiger charge is 2.33. The molecule has 18 heavy (non-hydrogen) atoms. The molecule has 5 heteroatoms. The van der Waals surface area contributed by atoms with E-state index in [0.717, 1.165) is 38.5 Å². The number of ether oxygens (including phenoxy) is 1. The molecular formula is C13H20N4O. The number of hydrogen-bond acceptors (Lipinski definition) is 5. The molecule has 1 unspecified atom stereocenters. The average molecular weight is 248 g/mol. The van der Waals surface area contributed by atoms with Crippen LogP contribution in [0.5, 0.6) is 0 Å². The van der Waals surface area contributed by atoms with E-state index >= 15 is 0 Å². The maximum atomic E-state index is 5.64. The van der Waals surface area contributed by atoms with Gasteiger partial charge < -0.3 is 15.4 Å². The van der Waals surface area contributed by atoms with Crippen LogP contribution in [0.2, 0.25) is 0 Å². The van der Waals surface area contributed by atoms with Gasteiger partial charge in [0.1, 0.15) is 5.82 Å². The van der Waals surface area contributed by atoms with Crippen LogP contribution in [0.25, 0.3) is 0 Å². The van der Waals surface area contributed by atoms with Crippen LogP contribution in [0.15, 0.2) is 18.3 Å². The topological polar surface area (TPSA) is 54.6 Å². The summed E-state index contributed by atoms with van der Waals surface area (Å²) in [5.74, 6) is 0.575. The molecule has 0 amide bonds. The van der Waals surface area contributed by atoms with Crippen LogP contribution in [-0.4, -0.2) is 54.8 Å². The molecule has 0 saturated carbocycles. The van der Waals surface area contributed by atoms with Crippen molar-refractivity contribution in [1.82, 2.24) is 9.88 Å². The summed E-state index contributed by atoms with van der Waals surface area (Å²) in [5.41, 5.74) is 6.79. The van der Waals surface area contributed by atoms with Crippen molar-refractivity contribution in [2.75, 3.05) is 43.5 Å². The molecule has 2 atom stereocenters. The standard InChI is InChI=1S/C13H20N4O/c1-10-7-16-4-5-18-9-12(16)8-17(10)11-2-3-13(14)15-6-11/h2-3,6,10,12H,4-5,7-9H2,1H3,(H2,14,15)/t10-,12?/m0/s1. The van der Waals surface area contributed by atoms with Crippen LogP contribution in [0, 0.1) is 0 Å². The Bertz CT molecular complexity index is 408. The van der Waals surface area contributed by atoms with Crippen LogP contribution in [0.4, 0.5) is 11.5 Å². The van der Waals surface area contributed by atoms with E-state index < -0.39 is 0 Å². The van der Waals surface area contributed by atoms with Gasteiger partial charge in [-0.05, 0) is 19.1 Å². The smallest absolute Gasteiger partial charge is 0.123 e. The van der Waals surface area contributed by atoms with Gasteiger partial charge in [-0.3, -0.25) is 4.90 Å². The molecule has 3 heterocycles. The fourth-order valence-corrected chi connectivity index (χ4v) is 2.87. The van der Waals surface area contributed by atoms with Gasteiger partial charge in [0.15, 0.2) is 0 Å². The van der Waals surface area contributed by atoms with E-state index in [1.165, 1.54) is 0 Å². The summed E-state index contributed by atoms with van der Waals surface area (Å²) in [6.07, 6.45) is 1.87.